The van der Waals surface area contributed by atoms with Crippen molar-refractivity contribution in [2.45, 2.75) is 89.9 Å². The highest BCUT2D eigenvalue weighted by Crippen LogP contribution is 2.51. The van der Waals surface area contributed by atoms with Crippen LogP contribution in [0.25, 0.3) is 0 Å². The summed E-state index contributed by atoms with van der Waals surface area (Å²) in [6.07, 6.45) is 17.0. The van der Waals surface area contributed by atoms with Gasteiger partial charge < -0.3 is 0 Å². The lowest BCUT2D eigenvalue weighted by Gasteiger charge is -2.45. The summed E-state index contributed by atoms with van der Waals surface area (Å²) in [7, 11) is 0. The van der Waals surface area contributed by atoms with Gasteiger partial charge in [-0.2, -0.15) is 0 Å². The fraction of sp³-hybridized carbons (Fsp3) is 0.760. The molecule has 3 aliphatic rings. The Morgan fingerprint density at radius 3 is 2.19 bits per heavy atom. The number of hydrogen-bond acceptors (Lipinski definition) is 0. The van der Waals surface area contributed by atoms with Gasteiger partial charge >= 0.3 is 0 Å². The lowest BCUT2D eigenvalue weighted by atomic mass is 9.60. The molecule has 0 spiro atoms. The zero-order chi connectivity index (χ0) is 18.8. The van der Waals surface area contributed by atoms with Gasteiger partial charge in [0.15, 0.2) is 0 Å². The molecular weight excluding hydrogens is 355 g/mol. The highest BCUT2D eigenvalue weighted by Gasteiger charge is 2.39. The Bertz CT molecular complexity index is 619. The number of halogens is 2. The van der Waals surface area contributed by atoms with E-state index in [-0.39, 0.29) is 10.8 Å². The maximum Gasteiger partial charge on any atom is 0.142 e. The normalized spacial score (nSPS) is 37.0. The van der Waals surface area contributed by atoms with Crippen LogP contribution in [0.4, 0.5) is 4.39 Å². The topological polar surface area (TPSA) is 0 Å². The average molecular weight is 391 g/mol. The minimum absolute atomic E-state index is 0.251. The van der Waals surface area contributed by atoms with Crippen molar-refractivity contribution < 1.29 is 4.39 Å². The Labute approximate surface area is 170 Å². The Hall–Kier alpha value is -0.560. The SMILES string of the molecule is CCCC1CCC([C@@H]2CC[C@@H]3C[C@H](c4ccc(Cl)c(F)c4)CC[C@@H]3C2)CC1. The lowest BCUT2D eigenvalue weighted by molar-refractivity contribution is 0.0711. The predicted octanol–water partition coefficient (Wildman–Crippen LogP) is 8.39. The first kappa shape index (κ1) is 19.7. The second-order valence-electron chi connectivity index (χ2n) is 9.85. The summed E-state index contributed by atoms with van der Waals surface area (Å²) in [4.78, 5) is 0. The predicted molar refractivity (Wildman–Crippen MR) is 113 cm³/mol. The lowest BCUT2D eigenvalue weighted by Crippen LogP contribution is -2.34. The van der Waals surface area contributed by atoms with Crippen LogP contribution in [0.15, 0.2) is 18.2 Å². The van der Waals surface area contributed by atoms with Crippen LogP contribution in [0.2, 0.25) is 5.02 Å². The van der Waals surface area contributed by atoms with Gasteiger partial charge in [-0.3, -0.25) is 0 Å². The van der Waals surface area contributed by atoms with Crippen molar-refractivity contribution in [3.05, 3.63) is 34.6 Å². The molecule has 4 atom stereocenters. The third-order valence-corrected chi connectivity index (χ3v) is 8.63. The van der Waals surface area contributed by atoms with Crippen LogP contribution in [-0.2, 0) is 0 Å². The fourth-order valence-corrected chi connectivity index (χ4v) is 6.90. The molecule has 0 aliphatic heterocycles. The van der Waals surface area contributed by atoms with Crippen molar-refractivity contribution in [3.8, 4) is 0 Å². The molecular formula is C25H36ClF. The molecule has 3 saturated carbocycles. The number of rotatable bonds is 4. The molecule has 4 rings (SSSR count). The van der Waals surface area contributed by atoms with E-state index in [1.165, 1.54) is 82.6 Å². The molecule has 0 amide bonds. The molecule has 0 aromatic heterocycles. The molecule has 27 heavy (non-hydrogen) atoms. The van der Waals surface area contributed by atoms with Gasteiger partial charge in [-0.05, 0) is 105 Å². The second kappa shape index (κ2) is 8.85. The van der Waals surface area contributed by atoms with Gasteiger partial charge in [0.2, 0.25) is 0 Å². The number of fused-ring (bicyclic) bond motifs is 1. The van der Waals surface area contributed by atoms with Crippen molar-refractivity contribution in [3.63, 3.8) is 0 Å². The van der Waals surface area contributed by atoms with Crippen LogP contribution in [-0.4, -0.2) is 0 Å². The summed E-state index contributed by atoms with van der Waals surface area (Å²) in [5.41, 5.74) is 1.17. The van der Waals surface area contributed by atoms with Crippen LogP contribution in [0.5, 0.6) is 0 Å². The first-order valence-electron chi connectivity index (χ1n) is 11.6. The van der Waals surface area contributed by atoms with E-state index >= 15 is 0 Å². The van der Waals surface area contributed by atoms with Crippen molar-refractivity contribution in [2.24, 2.45) is 29.6 Å². The third-order valence-electron chi connectivity index (χ3n) is 8.32. The molecule has 0 bridgehead atoms. The molecule has 2 heteroatoms. The van der Waals surface area contributed by atoms with E-state index in [4.69, 9.17) is 11.6 Å². The van der Waals surface area contributed by atoms with Crippen LogP contribution >= 0.6 is 11.6 Å². The average Bonchev–Trinajstić information content (AvgIpc) is 2.70. The minimum atomic E-state index is -0.251. The summed E-state index contributed by atoms with van der Waals surface area (Å²) in [6.45, 7) is 2.34. The van der Waals surface area contributed by atoms with Crippen LogP contribution in [0, 0.1) is 35.4 Å². The van der Waals surface area contributed by atoms with E-state index in [1.54, 1.807) is 12.1 Å². The molecule has 3 fully saturated rings. The molecule has 1 aromatic rings. The molecule has 0 nitrogen and oxygen atoms in total. The Balaban J connectivity index is 1.31. The van der Waals surface area contributed by atoms with Crippen molar-refractivity contribution in [1.82, 2.24) is 0 Å². The quantitative estimate of drug-likeness (QED) is 0.484. The molecule has 0 radical (unpaired) electrons. The summed E-state index contributed by atoms with van der Waals surface area (Å²) in [6, 6.07) is 5.48. The second-order valence-corrected chi connectivity index (χ2v) is 10.3. The van der Waals surface area contributed by atoms with Crippen molar-refractivity contribution >= 4 is 11.6 Å². The van der Waals surface area contributed by atoms with Gasteiger partial charge in [0, 0.05) is 0 Å². The van der Waals surface area contributed by atoms with Gasteiger partial charge in [0.25, 0.3) is 0 Å². The fourth-order valence-electron chi connectivity index (χ4n) is 6.78. The van der Waals surface area contributed by atoms with Crippen LogP contribution < -0.4 is 0 Å². The van der Waals surface area contributed by atoms with E-state index < -0.39 is 0 Å². The van der Waals surface area contributed by atoms with Gasteiger partial charge in [-0.25, -0.2) is 4.39 Å². The molecule has 0 heterocycles. The number of benzene rings is 1. The van der Waals surface area contributed by atoms with Crippen molar-refractivity contribution in [2.75, 3.05) is 0 Å². The molecule has 0 N–H and O–H groups in total. The molecule has 150 valence electrons. The summed E-state index contributed by atoms with van der Waals surface area (Å²) >= 11 is 5.87. The smallest absolute Gasteiger partial charge is 0.142 e. The third kappa shape index (κ3) is 4.55. The van der Waals surface area contributed by atoms with Gasteiger partial charge in [-0.1, -0.05) is 50.3 Å². The first-order chi connectivity index (χ1) is 13.1. The monoisotopic (exact) mass is 390 g/mol. The Morgan fingerprint density at radius 1 is 0.852 bits per heavy atom. The van der Waals surface area contributed by atoms with Gasteiger partial charge in [-0.15, -0.1) is 0 Å². The zero-order valence-electron chi connectivity index (χ0n) is 16.9. The molecule has 0 unspecified atom stereocenters. The summed E-state index contributed by atoms with van der Waals surface area (Å²) < 4.78 is 13.9. The summed E-state index contributed by atoms with van der Waals surface area (Å²) in [5, 5.41) is 0.251. The maximum atomic E-state index is 13.9. The maximum absolute atomic E-state index is 13.9. The molecule has 3 aliphatic carbocycles. The minimum Gasteiger partial charge on any atom is -0.205 e. The van der Waals surface area contributed by atoms with Gasteiger partial charge in [0.1, 0.15) is 5.82 Å². The molecule has 1 aromatic carbocycles. The highest BCUT2D eigenvalue weighted by atomic mass is 35.5. The number of hydrogen-bond donors (Lipinski definition) is 0. The van der Waals surface area contributed by atoms with E-state index in [9.17, 15) is 4.39 Å². The highest BCUT2D eigenvalue weighted by molar-refractivity contribution is 6.30. The van der Waals surface area contributed by atoms with E-state index in [0.29, 0.717) is 5.92 Å². The molecule has 0 saturated heterocycles. The van der Waals surface area contributed by atoms with E-state index in [0.717, 1.165) is 29.6 Å². The van der Waals surface area contributed by atoms with E-state index in [1.807, 2.05) is 0 Å². The van der Waals surface area contributed by atoms with Crippen LogP contribution in [0.3, 0.4) is 0 Å². The Kier molecular flexibility index (Phi) is 6.47. The first-order valence-corrected chi connectivity index (χ1v) is 12.0. The van der Waals surface area contributed by atoms with Crippen LogP contribution in [0.1, 0.15) is 95.5 Å². The zero-order valence-corrected chi connectivity index (χ0v) is 17.7. The van der Waals surface area contributed by atoms with Gasteiger partial charge in [0.05, 0.1) is 5.02 Å². The largest absolute Gasteiger partial charge is 0.205 e. The Morgan fingerprint density at radius 2 is 1.48 bits per heavy atom. The standard InChI is InChI=1S/C25H36ClF/c1-2-3-17-4-6-18(7-5-17)19-8-9-21-15-22(11-10-20(21)14-19)23-12-13-24(26)25(27)16-23/h12-13,16-22H,2-11,14-15H2,1H3/t17?,18?,19-,20-,21-,22-/m1/s1. The van der Waals surface area contributed by atoms with E-state index in [2.05, 4.69) is 13.0 Å². The summed E-state index contributed by atoms with van der Waals surface area (Å²) in [5.74, 6) is 5.14. The van der Waals surface area contributed by atoms with Crippen molar-refractivity contribution in [1.29, 1.82) is 0 Å².